The van der Waals surface area contributed by atoms with Crippen molar-refractivity contribution < 1.29 is 13.2 Å². The van der Waals surface area contributed by atoms with Gasteiger partial charge in [0.2, 0.25) is 5.91 Å². The zero-order valence-electron chi connectivity index (χ0n) is 12.4. The average molecular weight is 301 g/mol. The van der Waals surface area contributed by atoms with Crippen LogP contribution in [0.2, 0.25) is 0 Å². The van der Waals surface area contributed by atoms with Crippen LogP contribution in [0.25, 0.3) is 0 Å². The van der Waals surface area contributed by atoms with E-state index in [-0.39, 0.29) is 35.9 Å². The number of amides is 1. The highest BCUT2D eigenvalue weighted by molar-refractivity contribution is 7.91. The number of hydrogen-bond donors (Lipinski definition) is 0. The molecule has 1 heterocycles. The van der Waals surface area contributed by atoms with Crippen LogP contribution in [0, 0.1) is 17.2 Å². The molecular formula is C13H23N3O3S. The van der Waals surface area contributed by atoms with Crippen LogP contribution in [-0.2, 0) is 14.6 Å². The summed E-state index contributed by atoms with van der Waals surface area (Å²) >= 11 is 0. The molecule has 0 aromatic heterocycles. The number of nitriles is 1. The van der Waals surface area contributed by atoms with Gasteiger partial charge < -0.3 is 4.90 Å². The summed E-state index contributed by atoms with van der Waals surface area (Å²) in [7, 11) is -1.15. The number of likely N-dealkylation sites (N-methyl/N-ethyl adjacent to an activating group) is 2. The fourth-order valence-electron chi connectivity index (χ4n) is 2.34. The topological polar surface area (TPSA) is 81.5 Å². The molecule has 0 aromatic rings. The maximum Gasteiger partial charge on any atom is 0.236 e. The second-order valence-corrected chi connectivity index (χ2v) is 7.66. The Bertz CT molecular complexity index is 484. The number of carbonyl (C=O) groups excluding carboxylic acids is 1. The molecule has 1 rings (SSSR count). The first-order valence-electron chi connectivity index (χ1n) is 6.87. The Kier molecular flexibility index (Phi) is 5.96. The molecule has 2 unspecified atom stereocenters. The lowest BCUT2D eigenvalue weighted by Crippen LogP contribution is -2.44. The van der Waals surface area contributed by atoms with E-state index in [1.807, 2.05) is 11.8 Å². The normalized spacial score (nSPS) is 22.4. The molecule has 2 atom stereocenters. The number of hydrogen-bond acceptors (Lipinski definition) is 5. The lowest BCUT2D eigenvalue weighted by Gasteiger charge is -2.27. The van der Waals surface area contributed by atoms with E-state index in [0.717, 1.165) is 0 Å². The molecule has 0 N–H and O–H groups in total. The number of nitrogens with zero attached hydrogens (tertiary/aromatic N) is 3. The lowest BCUT2D eigenvalue weighted by molar-refractivity contribution is -0.132. The Morgan fingerprint density at radius 3 is 2.60 bits per heavy atom. The van der Waals surface area contributed by atoms with E-state index >= 15 is 0 Å². The molecule has 0 spiro atoms. The maximum absolute atomic E-state index is 12.2. The van der Waals surface area contributed by atoms with Gasteiger partial charge in [0.1, 0.15) is 0 Å². The SMILES string of the molecule is CCN(CC(C)C#N)C(=O)CN(C)C1CCS(=O)(=O)C1. The van der Waals surface area contributed by atoms with Gasteiger partial charge in [-0.15, -0.1) is 0 Å². The molecule has 6 nitrogen and oxygen atoms in total. The van der Waals surface area contributed by atoms with E-state index in [1.54, 1.807) is 18.9 Å². The van der Waals surface area contributed by atoms with Crippen LogP contribution in [0.4, 0.5) is 0 Å². The molecule has 114 valence electrons. The van der Waals surface area contributed by atoms with Crippen molar-refractivity contribution in [3.63, 3.8) is 0 Å². The average Bonchev–Trinajstić information content (AvgIpc) is 2.75. The minimum Gasteiger partial charge on any atom is -0.341 e. The van der Waals surface area contributed by atoms with Crippen molar-refractivity contribution in [3.8, 4) is 6.07 Å². The van der Waals surface area contributed by atoms with Crippen LogP contribution in [-0.4, -0.2) is 68.4 Å². The first kappa shape index (κ1) is 16.9. The Labute approximate surface area is 121 Å². The molecule has 0 saturated carbocycles. The van der Waals surface area contributed by atoms with Gasteiger partial charge in [-0.2, -0.15) is 5.26 Å². The third kappa shape index (κ3) is 4.76. The number of carbonyl (C=O) groups is 1. The van der Waals surface area contributed by atoms with Crippen LogP contribution in [0.1, 0.15) is 20.3 Å². The minimum atomic E-state index is -2.93. The molecule has 1 fully saturated rings. The van der Waals surface area contributed by atoms with Crippen LogP contribution < -0.4 is 0 Å². The van der Waals surface area contributed by atoms with E-state index in [1.165, 1.54) is 0 Å². The third-order valence-corrected chi connectivity index (χ3v) is 5.42. The summed E-state index contributed by atoms with van der Waals surface area (Å²) in [4.78, 5) is 15.6. The molecule has 0 radical (unpaired) electrons. The standard InChI is InChI=1S/C13H23N3O3S/c1-4-16(8-11(2)7-14)13(17)9-15(3)12-5-6-20(18,19)10-12/h11-12H,4-6,8-10H2,1-3H3. The fraction of sp³-hybridized carbons (Fsp3) is 0.846. The molecule has 0 aliphatic carbocycles. The zero-order valence-corrected chi connectivity index (χ0v) is 13.2. The number of rotatable bonds is 6. The second kappa shape index (κ2) is 7.04. The van der Waals surface area contributed by atoms with Crippen molar-refractivity contribution in [2.75, 3.05) is 38.2 Å². The Morgan fingerprint density at radius 2 is 2.15 bits per heavy atom. The van der Waals surface area contributed by atoms with Crippen molar-refractivity contribution >= 4 is 15.7 Å². The van der Waals surface area contributed by atoms with Crippen molar-refractivity contribution in [2.24, 2.45) is 5.92 Å². The first-order chi connectivity index (χ1) is 9.29. The summed E-state index contributed by atoms with van der Waals surface area (Å²) in [5, 5.41) is 8.81. The predicted octanol–water partition coefficient (Wildman–Crippen LogP) is 0.113. The number of sulfone groups is 1. The van der Waals surface area contributed by atoms with Crippen molar-refractivity contribution in [1.82, 2.24) is 9.80 Å². The zero-order chi connectivity index (χ0) is 15.3. The summed E-state index contributed by atoms with van der Waals surface area (Å²) in [6, 6.07) is 2.04. The van der Waals surface area contributed by atoms with Crippen LogP contribution >= 0.6 is 0 Å². The summed E-state index contributed by atoms with van der Waals surface area (Å²) < 4.78 is 22.9. The van der Waals surface area contributed by atoms with E-state index in [2.05, 4.69) is 6.07 Å². The molecule has 20 heavy (non-hydrogen) atoms. The predicted molar refractivity (Wildman–Crippen MR) is 76.7 cm³/mol. The first-order valence-corrected chi connectivity index (χ1v) is 8.69. The molecule has 0 aromatic carbocycles. The van der Waals surface area contributed by atoms with E-state index in [4.69, 9.17) is 5.26 Å². The molecule has 1 amide bonds. The van der Waals surface area contributed by atoms with Gasteiger partial charge in [-0.3, -0.25) is 9.69 Å². The molecule has 7 heteroatoms. The van der Waals surface area contributed by atoms with Crippen LogP contribution in [0.15, 0.2) is 0 Å². The Hall–Kier alpha value is -1.13. The van der Waals surface area contributed by atoms with Crippen molar-refractivity contribution in [2.45, 2.75) is 26.3 Å². The highest BCUT2D eigenvalue weighted by Gasteiger charge is 2.31. The third-order valence-electron chi connectivity index (χ3n) is 3.67. The monoisotopic (exact) mass is 301 g/mol. The van der Waals surface area contributed by atoms with Gasteiger partial charge in [-0.05, 0) is 27.3 Å². The van der Waals surface area contributed by atoms with Gasteiger partial charge in [0.15, 0.2) is 9.84 Å². The van der Waals surface area contributed by atoms with E-state index in [0.29, 0.717) is 19.5 Å². The Morgan fingerprint density at radius 1 is 1.50 bits per heavy atom. The smallest absolute Gasteiger partial charge is 0.236 e. The summed E-state index contributed by atoms with van der Waals surface area (Å²) in [5.74, 6) is 0.0916. The highest BCUT2D eigenvalue weighted by atomic mass is 32.2. The Balaban J connectivity index is 2.54. The summed E-state index contributed by atoms with van der Waals surface area (Å²) in [6.45, 7) is 4.84. The largest absolute Gasteiger partial charge is 0.341 e. The fourth-order valence-corrected chi connectivity index (χ4v) is 4.15. The summed E-state index contributed by atoms with van der Waals surface area (Å²) in [6.07, 6.45) is 0.590. The van der Waals surface area contributed by atoms with Crippen molar-refractivity contribution in [3.05, 3.63) is 0 Å². The van der Waals surface area contributed by atoms with E-state index < -0.39 is 9.84 Å². The van der Waals surface area contributed by atoms with E-state index in [9.17, 15) is 13.2 Å². The minimum absolute atomic E-state index is 0.0543. The molecule has 1 aliphatic heterocycles. The second-order valence-electron chi connectivity index (χ2n) is 5.43. The van der Waals surface area contributed by atoms with Gasteiger partial charge in [0, 0.05) is 19.1 Å². The van der Waals surface area contributed by atoms with Gasteiger partial charge in [-0.25, -0.2) is 8.42 Å². The van der Waals surface area contributed by atoms with Gasteiger partial charge in [0.25, 0.3) is 0 Å². The lowest BCUT2D eigenvalue weighted by atomic mass is 10.2. The molecular weight excluding hydrogens is 278 g/mol. The maximum atomic E-state index is 12.2. The van der Waals surface area contributed by atoms with Gasteiger partial charge in [0.05, 0.1) is 30.0 Å². The van der Waals surface area contributed by atoms with Crippen molar-refractivity contribution in [1.29, 1.82) is 5.26 Å². The highest BCUT2D eigenvalue weighted by Crippen LogP contribution is 2.16. The van der Waals surface area contributed by atoms with Gasteiger partial charge in [-0.1, -0.05) is 0 Å². The van der Waals surface area contributed by atoms with Gasteiger partial charge >= 0.3 is 0 Å². The summed E-state index contributed by atoms with van der Waals surface area (Å²) in [5.41, 5.74) is 0. The molecule has 1 saturated heterocycles. The molecule has 1 aliphatic rings. The molecule has 0 bridgehead atoms. The van der Waals surface area contributed by atoms with Crippen LogP contribution in [0.3, 0.4) is 0 Å². The quantitative estimate of drug-likeness (QED) is 0.695. The van der Waals surface area contributed by atoms with Crippen LogP contribution in [0.5, 0.6) is 0 Å².